The number of halogens is 4. The van der Waals surface area contributed by atoms with Gasteiger partial charge >= 0.3 is 184 Å². The number of carbonyl (C=O) groups excluding carboxylic acids is 1. The summed E-state index contributed by atoms with van der Waals surface area (Å²) in [5.74, 6) is -0.839. The maximum absolute atomic E-state index is 13.8. The van der Waals surface area contributed by atoms with Gasteiger partial charge in [0, 0.05) is 12.4 Å². The average Bonchev–Trinajstić information content (AvgIpc) is 3.29. The third-order valence-corrected chi connectivity index (χ3v) is 7.82. The fraction of sp³-hybridized carbons (Fsp3) is 0.321. The van der Waals surface area contributed by atoms with Gasteiger partial charge in [-0.05, 0) is 6.07 Å². The van der Waals surface area contributed by atoms with E-state index in [1.807, 2.05) is 26.0 Å². The van der Waals surface area contributed by atoms with Crippen molar-refractivity contribution < 1.29 is 27.1 Å². The normalized spacial score (nSPS) is 20.2. The third-order valence-electron chi connectivity index (χ3n) is 7.28. The van der Waals surface area contributed by atoms with Crippen LogP contribution in [0.3, 0.4) is 0 Å². The molecule has 6 rings (SSSR count). The Labute approximate surface area is 241 Å². The van der Waals surface area contributed by atoms with Gasteiger partial charge in [0.2, 0.25) is 5.95 Å². The Hall–Kier alpha value is -3.79. The van der Waals surface area contributed by atoms with Crippen molar-refractivity contribution in [2.24, 2.45) is 11.8 Å². The zero-order valence-corrected chi connectivity index (χ0v) is 23.8. The molecule has 1 saturated heterocycles. The molecule has 4 heterocycles. The molecule has 2 radical (unpaired) electrons. The van der Waals surface area contributed by atoms with Crippen molar-refractivity contribution in [2.75, 3.05) is 13.1 Å². The number of hydrogen-bond donors (Lipinski definition) is 0. The number of pyridine rings is 1. The van der Waals surface area contributed by atoms with Gasteiger partial charge in [0.25, 0.3) is 0 Å². The summed E-state index contributed by atoms with van der Waals surface area (Å²) < 4.78 is 61.6. The molecule has 0 spiro atoms. The van der Waals surface area contributed by atoms with Gasteiger partial charge in [-0.3, -0.25) is 0 Å². The van der Waals surface area contributed by atoms with Crippen LogP contribution >= 0.6 is 0 Å². The third kappa shape index (κ3) is 5.45. The molecule has 1 saturated carbocycles. The second-order valence-corrected chi connectivity index (χ2v) is 13.0. The number of amides is 1. The van der Waals surface area contributed by atoms with Gasteiger partial charge in [0.05, 0.1) is 0 Å². The standard InChI is InChI=1S/C28H23AsF4N6O2/c1-27(2,29)16-10-21(15-4-6-17(30)7-5-15)36-22(11-16)41-23-18-12-38(13-19(18)23)25(40)20-14-39(26-34-8-3-9-35-26)37-24(20)28(31,32)33/h3-11,14,18-19,23H,12-13H2,1-2H3/t18-,19+,23?. The van der Waals surface area contributed by atoms with Gasteiger partial charge in [0.15, 0.2) is 0 Å². The number of aromatic nitrogens is 5. The quantitative estimate of drug-likeness (QED) is 0.233. The van der Waals surface area contributed by atoms with E-state index in [0.29, 0.717) is 11.6 Å². The number of fused-ring (bicyclic) bond motifs is 1. The number of nitrogens with zero attached hydrogens (tertiary/aromatic N) is 6. The zero-order valence-electron chi connectivity index (χ0n) is 21.9. The van der Waals surface area contributed by atoms with Gasteiger partial charge < -0.3 is 0 Å². The molecule has 210 valence electrons. The van der Waals surface area contributed by atoms with Crippen molar-refractivity contribution in [2.45, 2.75) is 30.3 Å². The van der Waals surface area contributed by atoms with E-state index in [1.165, 1.54) is 35.5 Å². The number of piperidine rings is 1. The number of alkyl halides is 3. The molecule has 13 heteroatoms. The van der Waals surface area contributed by atoms with Crippen LogP contribution in [0.1, 0.15) is 35.5 Å². The van der Waals surface area contributed by atoms with E-state index in [9.17, 15) is 22.4 Å². The van der Waals surface area contributed by atoms with Crippen molar-refractivity contribution in [1.82, 2.24) is 29.6 Å². The Morgan fingerprint density at radius 3 is 2.32 bits per heavy atom. The summed E-state index contributed by atoms with van der Waals surface area (Å²) in [7, 11) is 0. The summed E-state index contributed by atoms with van der Waals surface area (Å²) in [5.41, 5.74) is 0.509. The summed E-state index contributed by atoms with van der Waals surface area (Å²) in [6, 6.07) is 11.4. The fourth-order valence-corrected chi connectivity index (χ4v) is 5.33. The molecule has 3 aromatic heterocycles. The van der Waals surface area contributed by atoms with E-state index in [-0.39, 0.29) is 47.0 Å². The molecule has 0 N–H and O–H groups in total. The van der Waals surface area contributed by atoms with Crippen LogP contribution in [0.2, 0.25) is 0 Å². The molecule has 2 aliphatic rings. The van der Waals surface area contributed by atoms with E-state index in [4.69, 9.17) is 4.74 Å². The minimum absolute atomic E-state index is 0.0362. The first-order chi connectivity index (χ1) is 19.4. The Bertz CT molecular complexity index is 1590. The van der Waals surface area contributed by atoms with E-state index in [2.05, 4.69) is 36.9 Å². The fourth-order valence-electron chi connectivity index (χ4n) is 5.06. The van der Waals surface area contributed by atoms with E-state index < -0.39 is 23.3 Å². The predicted octanol–water partition coefficient (Wildman–Crippen LogP) is 4.44. The second-order valence-electron chi connectivity index (χ2n) is 10.6. The molecule has 1 amide bonds. The SMILES string of the molecule is CC(C)([As])c1cc(OC2[C@H]3CN(C(=O)c4cn(-c5ncccn5)nc4C(F)(F)F)C[C@@H]23)nc(-c2ccc(F)cc2)c1. The van der Waals surface area contributed by atoms with Crippen molar-refractivity contribution in [3.8, 4) is 23.1 Å². The van der Waals surface area contributed by atoms with E-state index in [0.717, 1.165) is 22.0 Å². The molecule has 1 unspecified atom stereocenters. The number of rotatable bonds is 6. The molecule has 8 nitrogen and oxygen atoms in total. The molecule has 3 atom stereocenters. The monoisotopic (exact) mass is 626 g/mol. The number of carbonyl (C=O) groups is 1. The van der Waals surface area contributed by atoms with Crippen molar-refractivity contribution >= 4 is 22.8 Å². The number of ether oxygens (including phenoxy) is 1. The second kappa shape index (κ2) is 9.94. The molecular weight excluding hydrogens is 603 g/mol. The summed E-state index contributed by atoms with van der Waals surface area (Å²) in [5, 5.41) is 3.58. The van der Waals surface area contributed by atoms with Crippen LogP contribution in [0, 0.1) is 17.7 Å². The van der Waals surface area contributed by atoms with Crippen molar-refractivity contribution in [3.63, 3.8) is 0 Å². The first-order valence-electron chi connectivity index (χ1n) is 12.8. The summed E-state index contributed by atoms with van der Waals surface area (Å²) in [4.78, 5) is 27.1. The molecule has 0 bridgehead atoms. The van der Waals surface area contributed by atoms with Gasteiger partial charge in [-0.1, -0.05) is 0 Å². The number of hydrogen-bond acceptors (Lipinski definition) is 6. The van der Waals surface area contributed by atoms with Crippen molar-refractivity contribution in [1.29, 1.82) is 0 Å². The molecule has 1 aromatic carbocycles. The number of benzene rings is 1. The van der Waals surface area contributed by atoms with Gasteiger partial charge in [-0.2, -0.15) is 18.3 Å². The average molecular weight is 626 g/mol. The van der Waals surface area contributed by atoms with E-state index >= 15 is 0 Å². The van der Waals surface area contributed by atoms with Crippen LogP contribution < -0.4 is 4.74 Å². The first-order valence-corrected chi connectivity index (χ1v) is 13.7. The van der Waals surface area contributed by atoms with Crippen LogP contribution in [0.25, 0.3) is 17.2 Å². The molecule has 2 fully saturated rings. The molecular formula is C28H23AsF4N6O2. The van der Waals surface area contributed by atoms with Gasteiger partial charge in [0.1, 0.15) is 0 Å². The summed E-state index contributed by atoms with van der Waals surface area (Å²) in [6.45, 7) is 4.58. The predicted molar refractivity (Wildman–Crippen MR) is 140 cm³/mol. The van der Waals surface area contributed by atoms with Gasteiger partial charge in [-0.25, -0.2) is 14.6 Å². The van der Waals surface area contributed by atoms with Crippen LogP contribution in [-0.2, 0) is 10.4 Å². The van der Waals surface area contributed by atoms with Crippen LogP contribution in [-0.4, -0.2) is 71.6 Å². The Morgan fingerprint density at radius 1 is 1.05 bits per heavy atom. The first kappa shape index (κ1) is 27.4. The molecule has 41 heavy (non-hydrogen) atoms. The van der Waals surface area contributed by atoms with Crippen molar-refractivity contribution in [3.05, 3.63) is 83.7 Å². The summed E-state index contributed by atoms with van der Waals surface area (Å²) in [6.07, 6.45) is -1.28. The molecule has 1 aliphatic carbocycles. The maximum atomic E-state index is 13.8. The molecule has 4 aromatic rings. The van der Waals surface area contributed by atoms with Crippen LogP contribution in [0.4, 0.5) is 17.6 Å². The topological polar surface area (TPSA) is 86.0 Å². The van der Waals surface area contributed by atoms with Gasteiger partial charge in [-0.15, -0.1) is 0 Å². The minimum atomic E-state index is -4.83. The Balaban J connectivity index is 1.19. The van der Waals surface area contributed by atoms with Crippen LogP contribution in [0.15, 0.2) is 61.1 Å². The zero-order chi connectivity index (χ0) is 29.1. The summed E-state index contributed by atoms with van der Waals surface area (Å²) >= 11 is 2.60. The van der Waals surface area contributed by atoms with Crippen LogP contribution in [0.5, 0.6) is 5.88 Å². The van der Waals surface area contributed by atoms with E-state index in [1.54, 1.807) is 12.1 Å². The Morgan fingerprint density at radius 2 is 1.71 bits per heavy atom. The Kier molecular flexibility index (Phi) is 6.64. The molecule has 1 aliphatic heterocycles. The number of likely N-dealkylation sites (tertiary alicyclic amines) is 1.